The van der Waals surface area contributed by atoms with E-state index < -0.39 is 13.2 Å². The smallest absolute Gasteiger partial charge is 0.255 e. The molecule has 0 radical (unpaired) electrons. The lowest BCUT2D eigenvalue weighted by Gasteiger charge is -2.34. The first-order valence-electron chi connectivity index (χ1n) is 19.8. The molecule has 58 heavy (non-hydrogen) atoms. The standard InChI is InChI=1S/C42H50ClN8O5PS/c1-56-35-24-28(14-15-32(35)47-42-45-25-31(43)39(49-42)46-33-11-5-6-12-36(33)57(2,3)55)50-21-18-27(19-22-50)44-20-7-4-8-23-58-37-13-9-10-29-30(37)26-51(41(29)54)34-16-17-38(52)48-40(34)53/h5-6,9-15,24-25,27,34,44H,4,7-8,16-23,26H2,1-3H3,(H,48,52,53)(H2,45,46,47,49). The zero-order chi connectivity index (χ0) is 40.8. The first-order chi connectivity index (χ1) is 28.0. The molecule has 0 bridgehead atoms. The molecule has 1 atom stereocenters. The molecule has 0 spiro atoms. The van der Waals surface area contributed by atoms with Gasteiger partial charge < -0.3 is 35.1 Å². The minimum atomic E-state index is -2.54. The van der Waals surface area contributed by atoms with Crippen LogP contribution in [0.25, 0.3) is 0 Å². The molecule has 1 unspecified atom stereocenters. The van der Waals surface area contributed by atoms with E-state index in [1.807, 2.05) is 48.5 Å². The number of carbonyl (C=O) groups excluding carboxylic acids is 3. The van der Waals surface area contributed by atoms with Gasteiger partial charge in [0.25, 0.3) is 5.91 Å². The number of ether oxygens (including phenoxy) is 1. The number of methoxy groups -OCH3 is 1. The van der Waals surface area contributed by atoms with Crippen LogP contribution < -0.4 is 36.2 Å². The molecule has 0 saturated carbocycles. The van der Waals surface area contributed by atoms with Crippen LogP contribution in [-0.2, 0) is 20.7 Å². The highest BCUT2D eigenvalue weighted by Crippen LogP contribution is 2.39. The van der Waals surface area contributed by atoms with Gasteiger partial charge in [-0.2, -0.15) is 4.98 Å². The number of nitrogens with zero attached hydrogens (tertiary/aromatic N) is 4. The molecule has 13 nitrogen and oxygen atoms in total. The van der Waals surface area contributed by atoms with E-state index in [4.69, 9.17) is 16.3 Å². The maximum Gasteiger partial charge on any atom is 0.255 e. The Hall–Kier alpha value is -4.62. The average molecular weight is 845 g/mol. The van der Waals surface area contributed by atoms with Gasteiger partial charge in [-0.1, -0.05) is 36.2 Å². The minimum Gasteiger partial charge on any atom is -0.494 e. The first-order valence-corrected chi connectivity index (χ1v) is 23.7. The second-order valence-corrected chi connectivity index (χ2v) is 19.9. The summed E-state index contributed by atoms with van der Waals surface area (Å²) in [5.41, 5.74) is 4.15. The van der Waals surface area contributed by atoms with Gasteiger partial charge in [-0.3, -0.25) is 19.7 Å². The number of imide groups is 1. The lowest BCUT2D eigenvalue weighted by atomic mass is 10.0. The summed E-state index contributed by atoms with van der Waals surface area (Å²) in [5.74, 6) is 1.59. The number of para-hydroxylation sites is 1. The Balaban J connectivity index is 0.835. The summed E-state index contributed by atoms with van der Waals surface area (Å²) in [4.78, 5) is 51.3. The molecule has 1 aromatic heterocycles. The molecule has 3 amide bonds. The highest BCUT2D eigenvalue weighted by atomic mass is 35.5. The number of aromatic nitrogens is 2. The van der Waals surface area contributed by atoms with Crippen molar-refractivity contribution in [3.8, 4) is 5.75 Å². The third-order valence-electron chi connectivity index (χ3n) is 10.8. The molecular formula is C42H50ClN8O5PS. The minimum absolute atomic E-state index is 0.130. The van der Waals surface area contributed by atoms with Crippen LogP contribution in [0.1, 0.15) is 60.9 Å². The van der Waals surface area contributed by atoms with E-state index in [1.165, 1.54) is 6.20 Å². The number of hydrogen-bond acceptors (Lipinski definition) is 12. The van der Waals surface area contributed by atoms with Crippen LogP contribution in [0.3, 0.4) is 0 Å². The van der Waals surface area contributed by atoms with E-state index in [0.717, 1.165) is 84.6 Å². The average Bonchev–Trinajstić information content (AvgIpc) is 3.55. The largest absolute Gasteiger partial charge is 0.494 e. The molecule has 2 saturated heterocycles. The van der Waals surface area contributed by atoms with Crippen molar-refractivity contribution in [2.45, 2.75) is 68.5 Å². The molecule has 16 heteroatoms. The van der Waals surface area contributed by atoms with E-state index in [0.29, 0.717) is 52.8 Å². The Morgan fingerprint density at radius 2 is 1.78 bits per heavy atom. The molecule has 7 rings (SSSR count). The number of anilines is 5. The van der Waals surface area contributed by atoms with Crippen molar-refractivity contribution in [2.24, 2.45) is 0 Å². The van der Waals surface area contributed by atoms with Gasteiger partial charge in [0.1, 0.15) is 24.0 Å². The van der Waals surface area contributed by atoms with Crippen molar-refractivity contribution in [3.05, 3.63) is 83.0 Å². The van der Waals surface area contributed by atoms with E-state index >= 15 is 0 Å². The lowest BCUT2D eigenvalue weighted by Crippen LogP contribution is -2.52. The van der Waals surface area contributed by atoms with Crippen molar-refractivity contribution in [2.75, 3.05) is 61.4 Å². The predicted molar refractivity (Wildman–Crippen MR) is 232 cm³/mol. The van der Waals surface area contributed by atoms with Crippen molar-refractivity contribution in [3.63, 3.8) is 0 Å². The molecule has 3 aliphatic heterocycles. The van der Waals surface area contributed by atoms with Crippen LogP contribution in [0.15, 0.2) is 71.8 Å². The number of piperidine rings is 2. The summed E-state index contributed by atoms with van der Waals surface area (Å²) in [6.07, 6.45) is 7.54. The van der Waals surface area contributed by atoms with E-state index in [1.54, 1.807) is 37.1 Å². The van der Waals surface area contributed by atoms with Crippen molar-refractivity contribution in [1.29, 1.82) is 0 Å². The molecule has 4 heterocycles. The Morgan fingerprint density at radius 1 is 0.966 bits per heavy atom. The number of carbonyl (C=O) groups is 3. The van der Waals surface area contributed by atoms with Gasteiger partial charge in [0, 0.05) is 59.6 Å². The normalized spacial score (nSPS) is 17.3. The van der Waals surface area contributed by atoms with E-state index in [-0.39, 0.29) is 24.1 Å². The second-order valence-electron chi connectivity index (χ2n) is 15.2. The van der Waals surface area contributed by atoms with Gasteiger partial charge in [-0.15, -0.1) is 11.8 Å². The number of nitrogens with one attached hydrogen (secondary N) is 4. The van der Waals surface area contributed by atoms with Crippen molar-refractivity contribution < 1.29 is 23.7 Å². The molecule has 3 aliphatic rings. The number of fused-ring (bicyclic) bond motifs is 1. The van der Waals surface area contributed by atoms with Crippen LogP contribution in [0.4, 0.5) is 28.8 Å². The Kier molecular flexibility index (Phi) is 13.3. The first kappa shape index (κ1) is 41.5. The number of thioether (sulfide) groups is 1. The Labute approximate surface area is 348 Å². The maximum absolute atomic E-state index is 13.1. The predicted octanol–water partition coefficient (Wildman–Crippen LogP) is 7.16. The number of halogens is 1. The summed E-state index contributed by atoms with van der Waals surface area (Å²) in [6.45, 7) is 6.73. The van der Waals surface area contributed by atoms with Gasteiger partial charge in [0.15, 0.2) is 5.82 Å². The van der Waals surface area contributed by atoms with Crippen LogP contribution >= 0.6 is 30.5 Å². The second kappa shape index (κ2) is 18.5. The molecule has 4 aromatic rings. The molecule has 3 aromatic carbocycles. The lowest BCUT2D eigenvalue weighted by molar-refractivity contribution is -0.136. The highest BCUT2D eigenvalue weighted by Gasteiger charge is 2.39. The van der Waals surface area contributed by atoms with Gasteiger partial charge in [-0.25, -0.2) is 4.98 Å². The number of unbranched alkanes of at least 4 members (excludes halogenated alkanes) is 2. The fourth-order valence-corrected chi connectivity index (χ4v) is 10.1. The van der Waals surface area contributed by atoms with Gasteiger partial charge >= 0.3 is 0 Å². The molecular weight excluding hydrogens is 795 g/mol. The van der Waals surface area contributed by atoms with Crippen molar-refractivity contribution >= 4 is 82.4 Å². The third-order valence-corrected chi connectivity index (χ3v) is 13.8. The summed E-state index contributed by atoms with van der Waals surface area (Å²) < 4.78 is 18.7. The summed E-state index contributed by atoms with van der Waals surface area (Å²) in [5, 5.41) is 13.7. The van der Waals surface area contributed by atoms with Gasteiger partial charge in [-0.05, 0) is 99.7 Å². The van der Waals surface area contributed by atoms with E-state index in [9.17, 15) is 18.9 Å². The zero-order valence-corrected chi connectivity index (χ0v) is 35.5. The summed E-state index contributed by atoms with van der Waals surface area (Å²) in [7, 11) is -0.896. The van der Waals surface area contributed by atoms with Crippen LogP contribution in [0, 0.1) is 0 Å². The number of rotatable bonds is 16. The number of hydrogen-bond donors (Lipinski definition) is 4. The molecule has 306 valence electrons. The maximum atomic E-state index is 13.1. The number of amides is 3. The third kappa shape index (κ3) is 9.80. The van der Waals surface area contributed by atoms with Crippen LogP contribution in [0.2, 0.25) is 5.02 Å². The monoisotopic (exact) mass is 844 g/mol. The van der Waals surface area contributed by atoms with Gasteiger partial charge in [0.05, 0.1) is 24.7 Å². The molecule has 0 aliphatic carbocycles. The fourth-order valence-electron chi connectivity index (χ4n) is 7.72. The fraction of sp³-hybridized carbons (Fsp3) is 0.405. The topological polar surface area (TPSA) is 158 Å². The number of benzene rings is 3. The highest BCUT2D eigenvalue weighted by molar-refractivity contribution is 7.99. The van der Waals surface area contributed by atoms with Crippen molar-refractivity contribution in [1.82, 2.24) is 25.5 Å². The van der Waals surface area contributed by atoms with Crippen LogP contribution in [0.5, 0.6) is 5.75 Å². The Bertz CT molecular complexity index is 2210. The van der Waals surface area contributed by atoms with Gasteiger partial charge in [0.2, 0.25) is 17.8 Å². The molecule has 2 fully saturated rings. The molecule has 4 N–H and O–H groups in total. The SMILES string of the molecule is COc1cc(N2CCC(NCCCCCSc3cccc4c3CN(C3CCC(=O)NC3=O)C4=O)CC2)ccc1Nc1ncc(Cl)c(Nc2ccccc2P(C)(C)=O)n1. The summed E-state index contributed by atoms with van der Waals surface area (Å²) in [6, 6.07) is 19.2. The van der Waals surface area contributed by atoms with Crippen LogP contribution in [-0.4, -0.2) is 90.5 Å². The van der Waals surface area contributed by atoms with E-state index in [2.05, 4.69) is 48.3 Å². The summed E-state index contributed by atoms with van der Waals surface area (Å²) >= 11 is 8.24. The quantitative estimate of drug-likeness (QED) is 0.0391. The zero-order valence-electron chi connectivity index (χ0n) is 33.1. The Morgan fingerprint density at radius 3 is 2.55 bits per heavy atom.